The zero-order valence-electron chi connectivity index (χ0n) is 26.6. The molecule has 5 aliphatic rings. The molecule has 1 saturated carbocycles. The lowest BCUT2D eigenvalue weighted by Crippen LogP contribution is -2.47. The minimum atomic E-state index is -1.40. The van der Waals surface area contributed by atoms with E-state index in [2.05, 4.69) is 35.5 Å². The van der Waals surface area contributed by atoms with E-state index in [1.807, 2.05) is 13.0 Å². The van der Waals surface area contributed by atoms with Crippen LogP contribution >= 0.6 is 0 Å². The van der Waals surface area contributed by atoms with Crippen molar-refractivity contribution in [3.8, 4) is 0 Å². The summed E-state index contributed by atoms with van der Waals surface area (Å²) < 4.78 is 34.8. The van der Waals surface area contributed by atoms with Gasteiger partial charge in [-0.2, -0.15) is 0 Å². The van der Waals surface area contributed by atoms with Crippen LogP contribution in [0.4, 0.5) is 8.78 Å². The van der Waals surface area contributed by atoms with Gasteiger partial charge in [-0.25, -0.2) is 8.78 Å². The summed E-state index contributed by atoms with van der Waals surface area (Å²) in [7, 11) is 0. The van der Waals surface area contributed by atoms with Crippen molar-refractivity contribution in [2.75, 3.05) is 26.2 Å². The van der Waals surface area contributed by atoms with E-state index < -0.39 is 12.3 Å². The first-order valence-corrected chi connectivity index (χ1v) is 16.9. The summed E-state index contributed by atoms with van der Waals surface area (Å²) in [5.74, 6) is 1.49. The third kappa shape index (κ3) is 8.23. The Kier molecular flexibility index (Phi) is 10.9. The maximum atomic E-state index is 14.4. The van der Waals surface area contributed by atoms with Gasteiger partial charge in [-0.05, 0) is 102 Å². The van der Waals surface area contributed by atoms with Gasteiger partial charge < -0.3 is 20.3 Å². The summed E-state index contributed by atoms with van der Waals surface area (Å²) in [6, 6.07) is 0.504. The standard InChI is InChI=1S/C35H53F2N3O3/c1-21(2)43-35-18-31(25-7-8-32(36)33(37)17-25)30(24-5-6-24)15-26(35)19-40-13-10-28(11-14-40)38-12-9-34-27(20-41)16-29(23(4)42)22(3)39-34/h7,18,20-22,24,26,28-30,32-33,35,38-39H,5-6,8-17,19H2,1-4H3/t22?,26?,29-,30+,32-,33+,35-/m0/s1. The van der Waals surface area contributed by atoms with Gasteiger partial charge in [0.2, 0.25) is 0 Å². The molecule has 2 heterocycles. The van der Waals surface area contributed by atoms with Gasteiger partial charge in [-0.15, -0.1) is 0 Å². The number of nitrogens with one attached hydrogen (secondary N) is 2. The van der Waals surface area contributed by atoms with Crippen molar-refractivity contribution >= 4 is 12.1 Å². The van der Waals surface area contributed by atoms with Gasteiger partial charge in [0.25, 0.3) is 0 Å². The number of alkyl halides is 2. The monoisotopic (exact) mass is 601 g/mol. The largest absolute Gasteiger partial charge is 0.385 e. The van der Waals surface area contributed by atoms with Crippen molar-refractivity contribution < 1.29 is 23.1 Å². The number of nitrogens with zero attached hydrogens (tertiary/aromatic N) is 1. The zero-order chi connectivity index (χ0) is 30.7. The fraction of sp³-hybridized carbons (Fsp3) is 0.771. The van der Waals surface area contributed by atoms with Gasteiger partial charge in [0.15, 0.2) is 0 Å². The number of carbonyl (C=O) groups is 2. The fourth-order valence-electron chi connectivity index (χ4n) is 7.92. The van der Waals surface area contributed by atoms with Crippen LogP contribution in [-0.2, 0) is 14.3 Å². The Balaban J connectivity index is 1.15. The molecule has 0 aromatic rings. The maximum absolute atomic E-state index is 14.4. The summed E-state index contributed by atoms with van der Waals surface area (Å²) in [6.07, 6.45) is 9.86. The summed E-state index contributed by atoms with van der Waals surface area (Å²) in [4.78, 5) is 26.2. The average Bonchev–Trinajstić information content (AvgIpc) is 3.81. The lowest BCUT2D eigenvalue weighted by atomic mass is 9.72. The Bertz CT molecular complexity index is 1090. The lowest BCUT2D eigenvalue weighted by Gasteiger charge is -2.42. The number of halogens is 2. The number of carbonyl (C=O) groups excluding carboxylic acids is 2. The van der Waals surface area contributed by atoms with E-state index in [0.717, 1.165) is 75.0 Å². The minimum absolute atomic E-state index is 0.00353. The Morgan fingerprint density at radius 2 is 1.91 bits per heavy atom. The molecular weight excluding hydrogens is 548 g/mol. The van der Waals surface area contributed by atoms with Crippen LogP contribution in [0.15, 0.2) is 34.6 Å². The highest BCUT2D eigenvalue weighted by Crippen LogP contribution is 2.50. The average molecular weight is 602 g/mol. The highest BCUT2D eigenvalue weighted by Gasteiger charge is 2.43. The van der Waals surface area contributed by atoms with Gasteiger partial charge in [0, 0.05) is 67.5 Å². The van der Waals surface area contributed by atoms with E-state index in [9.17, 15) is 18.4 Å². The molecule has 2 unspecified atom stereocenters. The van der Waals surface area contributed by atoms with E-state index in [-0.39, 0.29) is 42.8 Å². The molecular formula is C35H53F2N3O3. The molecule has 43 heavy (non-hydrogen) atoms. The fourth-order valence-corrected chi connectivity index (χ4v) is 7.92. The first-order valence-electron chi connectivity index (χ1n) is 16.9. The van der Waals surface area contributed by atoms with Gasteiger partial charge >= 0.3 is 0 Å². The van der Waals surface area contributed by atoms with Gasteiger partial charge in [-0.1, -0.05) is 12.2 Å². The number of ketones is 1. The highest BCUT2D eigenvalue weighted by atomic mass is 19.2. The number of allylic oxidation sites excluding steroid dienone is 4. The summed E-state index contributed by atoms with van der Waals surface area (Å²) in [6.45, 7) is 11.7. The molecule has 3 aliphatic carbocycles. The van der Waals surface area contributed by atoms with Crippen molar-refractivity contribution in [3.05, 3.63) is 34.6 Å². The SMILES string of the molecule is CC(=O)[C@H]1CC(C=O)=C(CCNC2CCN(CC3C[C@H](C4CC4)C(C4=CC[C@H](F)[C@H](F)C4)=C[C@@H]3OC(C)C)CC2)NC1C. The second kappa shape index (κ2) is 14.5. The number of likely N-dealkylation sites (tertiary alicyclic amines) is 1. The Morgan fingerprint density at radius 3 is 2.53 bits per heavy atom. The molecule has 2 fully saturated rings. The van der Waals surface area contributed by atoms with Crippen molar-refractivity contribution in [1.82, 2.24) is 15.5 Å². The number of aldehydes is 1. The first-order chi connectivity index (χ1) is 20.6. The van der Waals surface area contributed by atoms with Crippen LogP contribution in [0.5, 0.6) is 0 Å². The quantitative estimate of drug-likeness (QED) is 0.283. The normalized spacial score (nSPS) is 34.5. The molecule has 0 spiro atoms. The van der Waals surface area contributed by atoms with E-state index in [1.54, 1.807) is 6.92 Å². The Hall–Kier alpha value is -1.90. The van der Waals surface area contributed by atoms with Crippen molar-refractivity contribution in [3.63, 3.8) is 0 Å². The van der Waals surface area contributed by atoms with Gasteiger partial charge in [0.1, 0.15) is 24.4 Å². The third-order valence-electron chi connectivity index (χ3n) is 10.5. The zero-order valence-corrected chi connectivity index (χ0v) is 26.6. The van der Waals surface area contributed by atoms with E-state index in [0.29, 0.717) is 30.2 Å². The molecule has 0 aromatic carbocycles. The number of piperidine rings is 1. The molecule has 0 aromatic heterocycles. The molecule has 6 nitrogen and oxygen atoms in total. The smallest absolute Gasteiger partial charge is 0.147 e. The molecule has 240 valence electrons. The van der Waals surface area contributed by atoms with Crippen molar-refractivity contribution in [1.29, 1.82) is 0 Å². The van der Waals surface area contributed by atoms with E-state index in [1.165, 1.54) is 18.4 Å². The predicted octanol–water partition coefficient (Wildman–Crippen LogP) is 5.63. The second-order valence-corrected chi connectivity index (χ2v) is 14.2. The third-order valence-corrected chi connectivity index (χ3v) is 10.5. The molecule has 0 radical (unpaired) electrons. The van der Waals surface area contributed by atoms with Crippen molar-refractivity contribution in [2.24, 2.45) is 23.7 Å². The predicted molar refractivity (Wildman–Crippen MR) is 166 cm³/mol. The number of Topliss-reactive ketones (excluding diaryl/α,β-unsaturated/α-hetero) is 1. The molecule has 0 bridgehead atoms. The van der Waals surface area contributed by atoms with Crippen molar-refractivity contribution in [2.45, 2.75) is 122 Å². The van der Waals surface area contributed by atoms with Crippen LogP contribution < -0.4 is 10.6 Å². The van der Waals surface area contributed by atoms with Gasteiger partial charge in [0.05, 0.1) is 12.2 Å². The maximum Gasteiger partial charge on any atom is 0.147 e. The van der Waals surface area contributed by atoms with E-state index in [4.69, 9.17) is 4.74 Å². The van der Waals surface area contributed by atoms with Gasteiger partial charge in [-0.3, -0.25) is 9.59 Å². The second-order valence-electron chi connectivity index (χ2n) is 14.2. The number of ether oxygens (including phenoxy) is 1. The molecule has 5 rings (SSSR count). The Morgan fingerprint density at radius 1 is 1.16 bits per heavy atom. The van der Waals surface area contributed by atoms with Crippen LogP contribution in [0.25, 0.3) is 0 Å². The Labute approximate surface area is 257 Å². The van der Waals surface area contributed by atoms with Crippen LogP contribution in [0.2, 0.25) is 0 Å². The molecule has 1 saturated heterocycles. The number of hydrogen-bond donors (Lipinski definition) is 2. The lowest BCUT2D eigenvalue weighted by molar-refractivity contribution is -0.121. The molecule has 2 aliphatic heterocycles. The van der Waals surface area contributed by atoms with Crippen LogP contribution in [-0.4, -0.2) is 79.8 Å². The van der Waals surface area contributed by atoms with Crippen LogP contribution in [0.1, 0.15) is 85.5 Å². The van der Waals surface area contributed by atoms with Crippen LogP contribution in [0.3, 0.4) is 0 Å². The molecule has 0 amide bonds. The number of hydrogen-bond acceptors (Lipinski definition) is 6. The highest BCUT2D eigenvalue weighted by molar-refractivity contribution is 5.83. The van der Waals surface area contributed by atoms with Crippen LogP contribution in [0, 0.1) is 23.7 Å². The van der Waals surface area contributed by atoms with E-state index >= 15 is 0 Å². The molecule has 7 atom stereocenters. The minimum Gasteiger partial charge on any atom is -0.385 e. The first kappa shape index (κ1) is 32.5. The molecule has 8 heteroatoms. The summed E-state index contributed by atoms with van der Waals surface area (Å²) >= 11 is 0. The summed E-state index contributed by atoms with van der Waals surface area (Å²) in [5, 5.41) is 7.14. The number of rotatable bonds is 12. The topological polar surface area (TPSA) is 70.7 Å². The summed E-state index contributed by atoms with van der Waals surface area (Å²) in [5.41, 5.74) is 3.98. The molecule has 2 N–H and O–H groups in total.